The highest BCUT2D eigenvalue weighted by molar-refractivity contribution is 5.38. The number of ether oxygens (including phenoxy) is 1. The third kappa shape index (κ3) is 4.41. The average molecular weight is 234 g/mol. The van der Waals surface area contributed by atoms with Gasteiger partial charge < -0.3 is 4.74 Å². The Morgan fingerprint density at radius 1 is 1.18 bits per heavy atom. The summed E-state index contributed by atoms with van der Waals surface area (Å²) in [6.07, 6.45) is 5.09. The van der Waals surface area contributed by atoms with Crippen LogP contribution in [0.3, 0.4) is 0 Å². The Bertz CT molecular complexity index is 330. The summed E-state index contributed by atoms with van der Waals surface area (Å²) in [5.41, 5.74) is 2.59. The second-order valence-corrected chi connectivity index (χ2v) is 4.93. The molecule has 1 aromatic rings. The van der Waals surface area contributed by atoms with Crippen molar-refractivity contribution in [2.24, 2.45) is 5.92 Å². The topological polar surface area (TPSA) is 9.23 Å². The van der Waals surface area contributed by atoms with Gasteiger partial charge in [-0.2, -0.15) is 0 Å². The molecule has 1 heteroatoms. The molecule has 0 radical (unpaired) electrons. The van der Waals surface area contributed by atoms with Crippen molar-refractivity contribution in [1.29, 1.82) is 0 Å². The summed E-state index contributed by atoms with van der Waals surface area (Å²) in [4.78, 5) is 0. The van der Waals surface area contributed by atoms with Gasteiger partial charge in [-0.05, 0) is 43.4 Å². The standard InChI is InChI=1S/C16H26O/c1-5-7-10-15(6-2)12-17-16-11-8-9-13(3)14(16)4/h8-9,11,15H,5-7,10,12H2,1-4H3. The van der Waals surface area contributed by atoms with Gasteiger partial charge in [0, 0.05) is 0 Å². The first-order valence-corrected chi connectivity index (χ1v) is 6.88. The van der Waals surface area contributed by atoms with E-state index in [2.05, 4.69) is 45.9 Å². The molecule has 0 bridgehead atoms. The summed E-state index contributed by atoms with van der Waals surface area (Å²) in [5.74, 6) is 1.76. The van der Waals surface area contributed by atoms with Gasteiger partial charge in [0.2, 0.25) is 0 Å². The summed E-state index contributed by atoms with van der Waals surface area (Å²) in [7, 11) is 0. The van der Waals surface area contributed by atoms with Gasteiger partial charge in [-0.3, -0.25) is 0 Å². The average Bonchev–Trinajstić information content (AvgIpc) is 2.34. The SMILES string of the molecule is CCCCC(CC)COc1cccc(C)c1C. The maximum Gasteiger partial charge on any atom is 0.122 e. The number of benzene rings is 1. The Labute approximate surface area is 106 Å². The first kappa shape index (κ1) is 14.1. The van der Waals surface area contributed by atoms with E-state index in [1.165, 1.54) is 36.8 Å². The summed E-state index contributed by atoms with van der Waals surface area (Å²) in [6, 6.07) is 6.29. The lowest BCUT2D eigenvalue weighted by Crippen LogP contribution is -2.12. The lowest BCUT2D eigenvalue weighted by molar-refractivity contribution is 0.232. The van der Waals surface area contributed by atoms with E-state index in [1.807, 2.05) is 0 Å². The van der Waals surface area contributed by atoms with Crippen LogP contribution in [0.25, 0.3) is 0 Å². The fraction of sp³-hybridized carbons (Fsp3) is 0.625. The van der Waals surface area contributed by atoms with Crippen LogP contribution in [0.2, 0.25) is 0 Å². The molecule has 1 atom stereocenters. The van der Waals surface area contributed by atoms with Crippen molar-refractivity contribution in [3.05, 3.63) is 29.3 Å². The summed E-state index contributed by atoms with van der Waals surface area (Å²) in [6.45, 7) is 9.64. The van der Waals surface area contributed by atoms with Gasteiger partial charge in [0.15, 0.2) is 0 Å². The highest BCUT2D eigenvalue weighted by atomic mass is 16.5. The lowest BCUT2D eigenvalue weighted by atomic mass is 10.0. The number of aryl methyl sites for hydroxylation is 1. The highest BCUT2D eigenvalue weighted by Crippen LogP contribution is 2.22. The van der Waals surface area contributed by atoms with E-state index in [1.54, 1.807) is 0 Å². The van der Waals surface area contributed by atoms with Crippen LogP contribution in [0, 0.1) is 19.8 Å². The Kier molecular flexibility index (Phi) is 6.10. The van der Waals surface area contributed by atoms with E-state index in [-0.39, 0.29) is 0 Å². The van der Waals surface area contributed by atoms with E-state index in [4.69, 9.17) is 4.74 Å². The molecule has 96 valence electrons. The molecule has 0 fully saturated rings. The Morgan fingerprint density at radius 2 is 1.94 bits per heavy atom. The van der Waals surface area contributed by atoms with Gasteiger partial charge in [0.25, 0.3) is 0 Å². The first-order valence-electron chi connectivity index (χ1n) is 6.88. The smallest absolute Gasteiger partial charge is 0.122 e. The Morgan fingerprint density at radius 3 is 2.59 bits per heavy atom. The molecule has 0 aliphatic rings. The monoisotopic (exact) mass is 234 g/mol. The van der Waals surface area contributed by atoms with Gasteiger partial charge in [0.1, 0.15) is 5.75 Å². The molecule has 0 spiro atoms. The molecule has 1 nitrogen and oxygen atoms in total. The van der Waals surface area contributed by atoms with Crippen LogP contribution in [0.5, 0.6) is 5.75 Å². The van der Waals surface area contributed by atoms with E-state index < -0.39 is 0 Å². The van der Waals surface area contributed by atoms with Crippen molar-refractivity contribution < 1.29 is 4.74 Å². The molecule has 0 aliphatic heterocycles. The van der Waals surface area contributed by atoms with E-state index in [9.17, 15) is 0 Å². The molecule has 0 amide bonds. The Balaban J connectivity index is 2.50. The minimum Gasteiger partial charge on any atom is -0.493 e. The molecule has 0 saturated carbocycles. The largest absolute Gasteiger partial charge is 0.493 e. The van der Waals surface area contributed by atoms with Crippen LogP contribution < -0.4 is 4.74 Å². The molecule has 0 aromatic heterocycles. The van der Waals surface area contributed by atoms with Gasteiger partial charge in [-0.15, -0.1) is 0 Å². The molecular formula is C16H26O. The van der Waals surface area contributed by atoms with Gasteiger partial charge in [0.05, 0.1) is 6.61 Å². The summed E-state index contributed by atoms with van der Waals surface area (Å²) in [5, 5.41) is 0. The normalized spacial score (nSPS) is 12.5. The highest BCUT2D eigenvalue weighted by Gasteiger charge is 2.08. The minimum absolute atomic E-state index is 0.704. The number of hydrogen-bond donors (Lipinski definition) is 0. The van der Waals surface area contributed by atoms with Gasteiger partial charge in [-0.1, -0.05) is 45.2 Å². The predicted octanol–water partition coefficient (Wildman–Crippen LogP) is 4.90. The second kappa shape index (κ2) is 7.37. The van der Waals surface area contributed by atoms with Crippen molar-refractivity contribution in [2.75, 3.05) is 6.61 Å². The van der Waals surface area contributed by atoms with Crippen molar-refractivity contribution in [2.45, 2.75) is 53.4 Å². The molecule has 0 heterocycles. The van der Waals surface area contributed by atoms with E-state index >= 15 is 0 Å². The molecule has 0 aliphatic carbocycles. The third-order valence-electron chi connectivity index (χ3n) is 3.57. The second-order valence-electron chi connectivity index (χ2n) is 4.93. The summed E-state index contributed by atoms with van der Waals surface area (Å²) < 4.78 is 5.97. The molecule has 0 saturated heterocycles. The van der Waals surface area contributed by atoms with E-state index in [0.717, 1.165) is 12.4 Å². The molecule has 1 unspecified atom stereocenters. The molecule has 17 heavy (non-hydrogen) atoms. The van der Waals surface area contributed by atoms with Crippen LogP contribution in [0.15, 0.2) is 18.2 Å². The van der Waals surface area contributed by atoms with Crippen LogP contribution in [0.1, 0.15) is 50.7 Å². The molecule has 0 N–H and O–H groups in total. The number of hydrogen-bond acceptors (Lipinski definition) is 1. The fourth-order valence-electron chi connectivity index (χ4n) is 1.99. The maximum atomic E-state index is 5.97. The lowest BCUT2D eigenvalue weighted by Gasteiger charge is -2.17. The van der Waals surface area contributed by atoms with Crippen LogP contribution in [0.4, 0.5) is 0 Å². The van der Waals surface area contributed by atoms with E-state index in [0.29, 0.717) is 5.92 Å². The number of rotatable bonds is 7. The Hall–Kier alpha value is -0.980. The fourth-order valence-corrected chi connectivity index (χ4v) is 1.99. The third-order valence-corrected chi connectivity index (χ3v) is 3.57. The van der Waals surface area contributed by atoms with Gasteiger partial charge in [-0.25, -0.2) is 0 Å². The zero-order valence-corrected chi connectivity index (χ0v) is 11.8. The molecule has 1 rings (SSSR count). The van der Waals surface area contributed by atoms with Crippen LogP contribution in [-0.2, 0) is 0 Å². The van der Waals surface area contributed by atoms with Crippen molar-refractivity contribution in [3.63, 3.8) is 0 Å². The quantitative estimate of drug-likeness (QED) is 0.652. The van der Waals surface area contributed by atoms with Crippen LogP contribution in [-0.4, -0.2) is 6.61 Å². The minimum atomic E-state index is 0.704. The molecule has 1 aromatic carbocycles. The maximum absolute atomic E-state index is 5.97. The predicted molar refractivity (Wildman–Crippen MR) is 74.7 cm³/mol. The van der Waals surface area contributed by atoms with Crippen molar-refractivity contribution in [3.8, 4) is 5.75 Å². The number of unbranched alkanes of at least 4 members (excludes halogenated alkanes) is 1. The van der Waals surface area contributed by atoms with Crippen molar-refractivity contribution >= 4 is 0 Å². The molecular weight excluding hydrogens is 208 g/mol. The van der Waals surface area contributed by atoms with Crippen molar-refractivity contribution in [1.82, 2.24) is 0 Å². The van der Waals surface area contributed by atoms with Gasteiger partial charge >= 0.3 is 0 Å². The first-order chi connectivity index (χ1) is 8.19. The summed E-state index contributed by atoms with van der Waals surface area (Å²) >= 11 is 0. The zero-order chi connectivity index (χ0) is 12.7. The van der Waals surface area contributed by atoms with Crippen LogP contribution >= 0.6 is 0 Å². The zero-order valence-electron chi connectivity index (χ0n) is 11.8.